The monoisotopic (exact) mass is 289 g/mol. The summed E-state index contributed by atoms with van der Waals surface area (Å²) in [6.07, 6.45) is 0. The van der Waals surface area contributed by atoms with Crippen LogP contribution in [-0.2, 0) is 0 Å². The van der Waals surface area contributed by atoms with E-state index in [1.165, 1.54) is 0 Å². The predicted octanol–water partition coefficient (Wildman–Crippen LogP) is 4.03. The van der Waals surface area contributed by atoms with Gasteiger partial charge in [-0.2, -0.15) is 5.10 Å². The number of benzene rings is 1. The molecule has 0 bridgehead atoms. The van der Waals surface area contributed by atoms with Crippen LogP contribution in [0.4, 0.5) is 5.69 Å². The minimum absolute atomic E-state index is 0.399. The van der Waals surface area contributed by atoms with Crippen LogP contribution in [0.3, 0.4) is 0 Å². The Morgan fingerprint density at radius 2 is 1.82 bits per heavy atom. The highest BCUT2D eigenvalue weighted by atomic mass is 35.5. The van der Waals surface area contributed by atoms with Gasteiger partial charge in [-0.15, -0.1) is 0 Å². The molecule has 17 heavy (non-hydrogen) atoms. The van der Waals surface area contributed by atoms with Crippen LogP contribution in [0.25, 0.3) is 5.69 Å². The van der Waals surface area contributed by atoms with Crippen LogP contribution >= 0.6 is 34.8 Å². The lowest BCUT2D eigenvalue weighted by Crippen LogP contribution is -2.04. The first-order valence-corrected chi connectivity index (χ1v) is 6.02. The summed E-state index contributed by atoms with van der Waals surface area (Å²) in [5.74, 6) is 0. The van der Waals surface area contributed by atoms with Crippen molar-refractivity contribution in [1.82, 2.24) is 9.78 Å². The smallest absolute Gasteiger partial charge is 0.0908 e. The summed E-state index contributed by atoms with van der Waals surface area (Å²) >= 11 is 18.0. The topological polar surface area (TPSA) is 43.8 Å². The molecule has 0 fully saturated rings. The van der Waals surface area contributed by atoms with Crippen LogP contribution < -0.4 is 5.73 Å². The van der Waals surface area contributed by atoms with E-state index < -0.39 is 0 Å². The second-order valence-corrected chi connectivity index (χ2v) is 4.94. The Bertz CT molecular complexity index is 590. The molecule has 90 valence electrons. The molecule has 1 aromatic carbocycles. The molecule has 2 rings (SSSR count). The lowest BCUT2D eigenvalue weighted by molar-refractivity contribution is 0.836. The molecule has 0 saturated carbocycles. The van der Waals surface area contributed by atoms with Gasteiger partial charge in [0.2, 0.25) is 0 Å². The summed E-state index contributed by atoms with van der Waals surface area (Å²) in [5, 5.41) is 5.82. The molecule has 0 aliphatic heterocycles. The number of rotatable bonds is 1. The Kier molecular flexibility index (Phi) is 3.25. The van der Waals surface area contributed by atoms with E-state index in [-0.39, 0.29) is 0 Å². The number of nitrogens with zero attached hydrogens (tertiary/aromatic N) is 2. The summed E-state index contributed by atoms with van der Waals surface area (Å²) < 4.78 is 1.64. The number of nitrogen functional groups attached to an aromatic ring is 1. The van der Waals surface area contributed by atoms with Gasteiger partial charge in [0, 0.05) is 5.02 Å². The number of nitrogens with two attached hydrogens (primary N) is 1. The number of aryl methyl sites for hydroxylation is 1. The Balaban J connectivity index is 2.72. The van der Waals surface area contributed by atoms with Gasteiger partial charge in [-0.1, -0.05) is 34.8 Å². The van der Waals surface area contributed by atoms with Crippen molar-refractivity contribution < 1.29 is 0 Å². The molecule has 6 heteroatoms. The van der Waals surface area contributed by atoms with E-state index in [1.54, 1.807) is 16.8 Å². The molecule has 3 nitrogen and oxygen atoms in total. The van der Waals surface area contributed by atoms with Gasteiger partial charge < -0.3 is 5.73 Å². The van der Waals surface area contributed by atoms with Gasteiger partial charge in [0.1, 0.15) is 0 Å². The normalized spacial score (nSPS) is 10.9. The zero-order valence-corrected chi connectivity index (χ0v) is 11.5. The molecular weight excluding hydrogens is 281 g/mol. The summed E-state index contributed by atoms with van der Waals surface area (Å²) in [7, 11) is 0. The molecule has 0 radical (unpaired) electrons. The highest BCUT2D eigenvalue weighted by Gasteiger charge is 2.14. The van der Waals surface area contributed by atoms with E-state index in [9.17, 15) is 0 Å². The molecule has 1 heterocycles. The molecule has 0 atom stereocenters. The minimum Gasteiger partial charge on any atom is -0.396 e. The standard InChI is InChI=1S/C11H10Cl3N3/c1-5-10(14)6(2)17(16-5)9-4-7(12)3-8(13)11(9)15/h3-4H,15H2,1-2H3. The van der Waals surface area contributed by atoms with Crippen molar-refractivity contribution in [3.63, 3.8) is 0 Å². The van der Waals surface area contributed by atoms with E-state index in [2.05, 4.69) is 5.10 Å². The average Bonchev–Trinajstić information content (AvgIpc) is 2.51. The molecule has 0 aliphatic rings. The van der Waals surface area contributed by atoms with Gasteiger partial charge in [-0.3, -0.25) is 0 Å². The van der Waals surface area contributed by atoms with Crippen molar-refractivity contribution in [2.75, 3.05) is 5.73 Å². The first-order chi connectivity index (χ1) is 7.91. The maximum atomic E-state index is 6.09. The lowest BCUT2D eigenvalue weighted by atomic mass is 10.2. The van der Waals surface area contributed by atoms with Crippen molar-refractivity contribution in [3.8, 4) is 5.69 Å². The highest BCUT2D eigenvalue weighted by Crippen LogP contribution is 2.32. The molecular formula is C11H10Cl3N3. The molecule has 1 aromatic heterocycles. The first kappa shape index (κ1) is 12.6. The van der Waals surface area contributed by atoms with Crippen molar-refractivity contribution in [2.24, 2.45) is 0 Å². The van der Waals surface area contributed by atoms with Gasteiger partial charge in [0.15, 0.2) is 0 Å². The number of anilines is 1. The van der Waals surface area contributed by atoms with Crippen LogP contribution in [0.2, 0.25) is 15.1 Å². The van der Waals surface area contributed by atoms with Gasteiger partial charge in [0.05, 0.1) is 32.8 Å². The van der Waals surface area contributed by atoms with Crippen molar-refractivity contribution in [3.05, 3.63) is 38.6 Å². The van der Waals surface area contributed by atoms with Gasteiger partial charge in [-0.05, 0) is 26.0 Å². The fourth-order valence-corrected chi connectivity index (χ4v) is 2.21. The number of aromatic nitrogens is 2. The number of hydrogen-bond donors (Lipinski definition) is 1. The van der Waals surface area contributed by atoms with Gasteiger partial charge in [-0.25, -0.2) is 4.68 Å². The van der Waals surface area contributed by atoms with Crippen LogP contribution in [0.15, 0.2) is 12.1 Å². The average molecular weight is 291 g/mol. The SMILES string of the molecule is Cc1nn(-c2cc(Cl)cc(Cl)c2N)c(C)c1Cl. The van der Waals surface area contributed by atoms with Crippen LogP contribution in [0.5, 0.6) is 0 Å². The molecule has 0 saturated heterocycles. The third-order valence-corrected chi connectivity index (χ3v) is 3.58. The largest absolute Gasteiger partial charge is 0.396 e. The summed E-state index contributed by atoms with van der Waals surface area (Å²) in [6, 6.07) is 3.30. The zero-order chi connectivity index (χ0) is 12.7. The molecule has 0 aliphatic carbocycles. The zero-order valence-electron chi connectivity index (χ0n) is 9.26. The Hall–Kier alpha value is -0.900. The van der Waals surface area contributed by atoms with Crippen LogP contribution in [0.1, 0.15) is 11.4 Å². The summed E-state index contributed by atoms with van der Waals surface area (Å²) in [5.41, 5.74) is 8.52. The van der Waals surface area contributed by atoms with E-state index in [0.29, 0.717) is 26.4 Å². The third-order valence-electron chi connectivity index (χ3n) is 2.50. The van der Waals surface area contributed by atoms with E-state index in [4.69, 9.17) is 40.5 Å². The molecule has 0 spiro atoms. The first-order valence-electron chi connectivity index (χ1n) is 4.88. The van der Waals surface area contributed by atoms with E-state index in [1.807, 2.05) is 13.8 Å². The van der Waals surface area contributed by atoms with Gasteiger partial charge in [0.25, 0.3) is 0 Å². The Morgan fingerprint density at radius 3 is 2.35 bits per heavy atom. The third kappa shape index (κ3) is 2.10. The molecule has 2 aromatic rings. The molecule has 0 amide bonds. The quantitative estimate of drug-likeness (QED) is 0.806. The molecule has 2 N–H and O–H groups in total. The maximum absolute atomic E-state index is 6.09. The van der Waals surface area contributed by atoms with Gasteiger partial charge >= 0.3 is 0 Å². The summed E-state index contributed by atoms with van der Waals surface area (Å²) in [6.45, 7) is 3.69. The number of hydrogen-bond acceptors (Lipinski definition) is 2. The Morgan fingerprint density at radius 1 is 1.18 bits per heavy atom. The van der Waals surface area contributed by atoms with Crippen LogP contribution in [-0.4, -0.2) is 9.78 Å². The van der Waals surface area contributed by atoms with E-state index >= 15 is 0 Å². The fraction of sp³-hybridized carbons (Fsp3) is 0.182. The lowest BCUT2D eigenvalue weighted by Gasteiger charge is -2.10. The molecule has 0 unspecified atom stereocenters. The van der Waals surface area contributed by atoms with E-state index in [0.717, 1.165) is 11.4 Å². The highest BCUT2D eigenvalue weighted by molar-refractivity contribution is 6.37. The predicted molar refractivity (Wildman–Crippen MR) is 72.5 cm³/mol. The minimum atomic E-state index is 0.399. The summed E-state index contributed by atoms with van der Waals surface area (Å²) in [4.78, 5) is 0. The van der Waals surface area contributed by atoms with Crippen molar-refractivity contribution in [1.29, 1.82) is 0 Å². The Labute approximate surface area is 114 Å². The van der Waals surface area contributed by atoms with Crippen molar-refractivity contribution >= 4 is 40.5 Å². The second kappa shape index (κ2) is 4.41. The fourth-order valence-electron chi connectivity index (χ4n) is 1.60. The maximum Gasteiger partial charge on any atom is 0.0908 e. The second-order valence-electron chi connectivity index (χ2n) is 3.72. The number of halogens is 3. The van der Waals surface area contributed by atoms with Crippen molar-refractivity contribution in [2.45, 2.75) is 13.8 Å². The van der Waals surface area contributed by atoms with Crippen LogP contribution in [0, 0.1) is 13.8 Å².